The van der Waals surface area contributed by atoms with Gasteiger partial charge >= 0.3 is 7.12 Å². The molecule has 0 spiro atoms. The summed E-state index contributed by atoms with van der Waals surface area (Å²) in [6.45, 7) is 10.4. The fourth-order valence-corrected chi connectivity index (χ4v) is 7.68. The molecule has 2 aliphatic rings. The van der Waals surface area contributed by atoms with E-state index in [1.165, 1.54) is 19.2 Å². The summed E-state index contributed by atoms with van der Waals surface area (Å²) in [7, 11) is -2.86. The van der Waals surface area contributed by atoms with Crippen molar-refractivity contribution in [3.05, 3.63) is 89.2 Å². The van der Waals surface area contributed by atoms with Gasteiger partial charge < -0.3 is 23.8 Å². The second-order valence-electron chi connectivity index (χ2n) is 14.6. The van der Waals surface area contributed by atoms with Gasteiger partial charge in [0.15, 0.2) is 0 Å². The van der Waals surface area contributed by atoms with Gasteiger partial charge in [0.05, 0.1) is 34.3 Å². The van der Waals surface area contributed by atoms with Gasteiger partial charge in [0.1, 0.15) is 17.2 Å². The van der Waals surface area contributed by atoms with E-state index in [0.29, 0.717) is 53.7 Å². The minimum Gasteiger partial charge on any atom is -0.455 e. The van der Waals surface area contributed by atoms with Gasteiger partial charge in [0, 0.05) is 30.7 Å². The smallest absolute Gasteiger partial charge is 0.455 e. The molecule has 266 valence electrons. The molecule has 2 unspecified atom stereocenters. The number of halogens is 1. The van der Waals surface area contributed by atoms with Crippen LogP contribution in [0.4, 0.5) is 10.1 Å². The molecule has 1 saturated carbocycles. The number of fused-ring (bicyclic) bond motifs is 1. The first-order valence-electron chi connectivity index (χ1n) is 17.2. The zero-order valence-corrected chi connectivity index (χ0v) is 30.4. The Morgan fingerprint density at radius 1 is 1.02 bits per heavy atom. The molecule has 2 fully saturated rings. The summed E-state index contributed by atoms with van der Waals surface area (Å²) in [5.74, 6) is -0.501. The van der Waals surface area contributed by atoms with Crippen molar-refractivity contribution in [3.63, 3.8) is 0 Å². The summed E-state index contributed by atoms with van der Waals surface area (Å²) < 4.78 is 69.6. The highest BCUT2D eigenvalue weighted by molar-refractivity contribution is 7.93. The topological polar surface area (TPSA) is 116 Å². The molecule has 4 aromatic rings. The first kappa shape index (κ1) is 36.1. The normalized spacial score (nSPS) is 18.3. The number of amides is 1. The van der Waals surface area contributed by atoms with Crippen molar-refractivity contribution < 1.29 is 36.1 Å². The number of benzene rings is 3. The summed E-state index contributed by atoms with van der Waals surface area (Å²) >= 11 is 0. The minimum absolute atomic E-state index is 0.150. The van der Waals surface area contributed by atoms with Crippen molar-refractivity contribution in [3.8, 4) is 11.3 Å². The molecule has 50 heavy (non-hydrogen) atoms. The van der Waals surface area contributed by atoms with E-state index in [1.54, 1.807) is 25.1 Å². The van der Waals surface area contributed by atoms with Crippen molar-refractivity contribution >= 4 is 39.7 Å². The lowest BCUT2D eigenvalue weighted by Crippen LogP contribution is -2.41. The summed E-state index contributed by atoms with van der Waals surface area (Å²) in [5.41, 5.74) is 2.46. The Morgan fingerprint density at radius 3 is 2.30 bits per heavy atom. The van der Waals surface area contributed by atoms with Gasteiger partial charge in [0.2, 0.25) is 10.0 Å². The van der Waals surface area contributed by atoms with Crippen LogP contribution in [0.25, 0.3) is 22.3 Å². The molecular formula is C38H46BFN2O7S. The maximum atomic E-state index is 14.0. The summed E-state index contributed by atoms with van der Waals surface area (Å²) in [4.78, 5) is 13.1. The Balaban J connectivity index is 1.26. The predicted molar refractivity (Wildman–Crippen MR) is 194 cm³/mol. The lowest BCUT2D eigenvalue weighted by Gasteiger charge is -2.32. The van der Waals surface area contributed by atoms with E-state index < -0.39 is 39.4 Å². The van der Waals surface area contributed by atoms with Crippen molar-refractivity contribution in [2.75, 3.05) is 18.4 Å². The van der Waals surface area contributed by atoms with Crippen molar-refractivity contribution in [1.29, 1.82) is 0 Å². The molecule has 3 aromatic carbocycles. The zero-order chi connectivity index (χ0) is 35.8. The molecule has 2 atom stereocenters. The number of carbonyl (C=O) groups excluding carboxylic acids is 1. The number of nitrogens with one attached hydrogen (secondary N) is 2. The predicted octanol–water partition coefficient (Wildman–Crippen LogP) is 7.92. The largest absolute Gasteiger partial charge is 0.458 e. The van der Waals surface area contributed by atoms with Crippen LogP contribution in [0.2, 0.25) is 6.32 Å². The molecule has 1 aliphatic carbocycles. The number of hydrogen-bond donors (Lipinski definition) is 2. The van der Waals surface area contributed by atoms with Crippen LogP contribution in [-0.2, 0) is 30.7 Å². The Labute approximate surface area is 294 Å². The summed E-state index contributed by atoms with van der Waals surface area (Å²) in [6.07, 6.45) is 2.60. The minimum atomic E-state index is -3.89. The third-order valence-electron chi connectivity index (χ3n) is 10.2. The fourth-order valence-electron chi connectivity index (χ4n) is 6.47. The monoisotopic (exact) mass is 704 g/mol. The van der Waals surface area contributed by atoms with E-state index in [-0.39, 0.29) is 23.5 Å². The van der Waals surface area contributed by atoms with E-state index in [4.69, 9.17) is 18.5 Å². The third-order valence-corrected chi connectivity index (χ3v) is 11.9. The lowest BCUT2D eigenvalue weighted by molar-refractivity contribution is 0.00578. The van der Waals surface area contributed by atoms with Crippen LogP contribution in [0.1, 0.15) is 81.3 Å². The highest BCUT2D eigenvalue weighted by Gasteiger charge is 2.51. The molecule has 1 amide bonds. The Bertz CT molecular complexity index is 1930. The van der Waals surface area contributed by atoms with E-state index in [1.807, 2.05) is 64.1 Å². The first-order chi connectivity index (χ1) is 23.7. The van der Waals surface area contributed by atoms with Gasteiger partial charge in [-0.1, -0.05) is 30.3 Å². The van der Waals surface area contributed by atoms with Gasteiger partial charge in [0.25, 0.3) is 5.91 Å². The van der Waals surface area contributed by atoms with Crippen LogP contribution in [-0.4, -0.2) is 51.5 Å². The quantitative estimate of drug-likeness (QED) is 0.128. The Hall–Kier alpha value is -3.71. The van der Waals surface area contributed by atoms with E-state index in [2.05, 4.69) is 10.0 Å². The molecule has 2 N–H and O–H groups in total. The number of ether oxygens (including phenoxy) is 1. The molecule has 2 heterocycles. The van der Waals surface area contributed by atoms with E-state index in [0.717, 1.165) is 24.0 Å². The number of rotatable bonds is 14. The molecular weight excluding hydrogens is 658 g/mol. The van der Waals surface area contributed by atoms with Crippen LogP contribution in [0, 0.1) is 11.7 Å². The molecule has 12 heteroatoms. The third kappa shape index (κ3) is 7.78. The fraction of sp³-hybridized carbons (Fsp3) is 0.447. The van der Waals surface area contributed by atoms with E-state index in [9.17, 15) is 17.6 Å². The first-order valence-corrected chi connectivity index (χ1v) is 18.8. The molecule has 1 aliphatic heterocycles. The molecule has 0 bridgehead atoms. The maximum Gasteiger partial charge on any atom is 0.458 e. The highest BCUT2D eigenvalue weighted by Crippen LogP contribution is 2.47. The summed E-state index contributed by atoms with van der Waals surface area (Å²) in [6, 6.07) is 19.1. The standard InChI is InChI=1S/C38H46BFN2O7S/c1-24(18-26(23-46-22-25-10-8-7-9-11-25)21-39-48-37(2,3)38(4,5)49-39)50(44,45)42-32-20-33-31(19-30(32)27-12-13-27)34(36(43)41-6)35(47-33)28-14-16-29(40)17-15-28/h7-11,14-17,19-20,24,26-27,42H,12-13,18,21-23H2,1-6H3,(H,41,43). The van der Waals surface area contributed by atoms with Gasteiger partial charge in [-0.3, -0.25) is 9.52 Å². The van der Waals surface area contributed by atoms with Gasteiger partial charge in [-0.2, -0.15) is 0 Å². The number of sulfonamides is 1. The van der Waals surface area contributed by atoms with Crippen LogP contribution < -0.4 is 10.0 Å². The van der Waals surface area contributed by atoms with Crippen LogP contribution in [0.3, 0.4) is 0 Å². The number of hydrogen-bond acceptors (Lipinski definition) is 7. The van der Waals surface area contributed by atoms with Crippen LogP contribution in [0.5, 0.6) is 0 Å². The van der Waals surface area contributed by atoms with Crippen molar-refractivity contribution in [1.82, 2.24) is 5.32 Å². The van der Waals surface area contributed by atoms with Crippen LogP contribution in [0.15, 0.2) is 71.1 Å². The number of carbonyl (C=O) groups is 1. The van der Waals surface area contributed by atoms with Gasteiger partial charge in [-0.05, 0) is 113 Å². The van der Waals surface area contributed by atoms with Crippen molar-refractivity contribution in [2.45, 2.75) is 89.2 Å². The molecule has 6 rings (SSSR count). The molecule has 1 saturated heterocycles. The highest BCUT2D eigenvalue weighted by atomic mass is 32.2. The molecule has 0 radical (unpaired) electrons. The van der Waals surface area contributed by atoms with Gasteiger partial charge in [-0.15, -0.1) is 0 Å². The van der Waals surface area contributed by atoms with Crippen molar-refractivity contribution in [2.24, 2.45) is 5.92 Å². The summed E-state index contributed by atoms with van der Waals surface area (Å²) in [5, 5.41) is 2.46. The second-order valence-corrected chi connectivity index (χ2v) is 16.7. The Kier molecular flexibility index (Phi) is 10.2. The number of anilines is 1. The average Bonchev–Trinajstić information content (AvgIpc) is 3.80. The SMILES string of the molecule is CNC(=O)c1c(-c2ccc(F)cc2)oc2cc(NS(=O)(=O)C(C)CC(COCc3ccccc3)CB3OC(C)(C)C(C)(C)O3)c(C3CC3)cc12. The van der Waals surface area contributed by atoms with Gasteiger partial charge in [-0.25, -0.2) is 12.8 Å². The molecule has 1 aromatic heterocycles. The van der Waals surface area contributed by atoms with Crippen LogP contribution >= 0.6 is 0 Å². The zero-order valence-electron chi connectivity index (χ0n) is 29.5. The lowest BCUT2D eigenvalue weighted by atomic mass is 9.76. The average molecular weight is 705 g/mol. The Morgan fingerprint density at radius 2 is 1.68 bits per heavy atom. The number of furan rings is 1. The second kappa shape index (κ2) is 14.1. The maximum absolute atomic E-state index is 14.0. The van der Waals surface area contributed by atoms with E-state index >= 15 is 0 Å². The molecule has 9 nitrogen and oxygen atoms in total.